The Morgan fingerprint density at radius 1 is 1.46 bits per heavy atom. The number of nitrogens with zero attached hydrogens (tertiary/aromatic N) is 6. The molecule has 2 rings (SSSR count). The molecule has 1 aromatic rings. The molecule has 1 fully saturated rings. The summed E-state index contributed by atoms with van der Waals surface area (Å²) >= 11 is 1.41. The van der Waals surface area contributed by atoms with Gasteiger partial charge in [0.2, 0.25) is 11.9 Å². The molecule has 1 amide bonds. The van der Waals surface area contributed by atoms with E-state index >= 15 is 0 Å². The number of rotatable bonds is 7. The summed E-state index contributed by atoms with van der Waals surface area (Å²) in [6.45, 7) is 8.08. The van der Waals surface area contributed by atoms with Crippen molar-refractivity contribution in [3.63, 3.8) is 0 Å². The Kier molecular flexibility index (Phi) is 6.87. The average molecular weight is 352 g/mol. The van der Waals surface area contributed by atoms with E-state index in [4.69, 9.17) is 10.00 Å². The van der Waals surface area contributed by atoms with Gasteiger partial charge < -0.3 is 14.5 Å². The van der Waals surface area contributed by atoms with Crippen molar-refractivity contribution in [3.05, 3.63) is 0 Å². The van der Waals surface area contributed by atoms with Gasteiger partial charge in [-0.3, -0.25) is 9.36 Å². The number of hydrogen-bond acceptors (Lipinski definition) is 7. The molecule has 132 valence electrons. The zero-order valence-electron chi connectivity index (χ0n) is 14.4. The van der Waals surface area contributed by atoms with Gasteiger partial charge in [0, 0.05) is 33.2 Å². The molecule has 2 heterocycles. The molecular weight excluding hydrogens is 328 g/mol. The average Bonchev–Trinajstić information content (AvgIpc) is 3.02. The van der Waals surface area contributed by atoms with Crippen LogP contribution in [0.4, 0.5) is 5.95 Å². The molecular formula is C15H24N6O2S. The van der Waals surface area contributed by atoms with Crippen LogP contribution in [0.5, 0.6) is 0 Å². The Labute approximate surface area is 146 Å². The quantitative estimate of drug-likeness (QED) is 0.676. The van der Waals surface area contributed by atoms with Crippen LogP contribution in [0.15, 0.2) is 5.16 Å². The molecule has 0 aromatic carbocycles. The fraction of sp³-hybridized carbons (Fsp3) is 0.733. The van der Waals surface area contributed by atoms with Gasteiger partial charge in [-0.25, -0.2) is 0 Å². The maximum Gasteiger partial charge on any atom is 0.235 e. The first kappa shape index (κ1) is 18.5. The van der Waals surface area contributed by atoms with Crippen molar-refractivity contribution in [1.29, 1.82) is 5.26 Å². The summed E-state index contributed by atoms with van der Waals surface area (Å²) in [5, 5.41) is 17.7. The van der Waals surface area contributed by atoms with Gasteiger partial charge >= 0.3 is 0 Å². The summed E-state index contributed by atoms with van der Waals surface area (Å²) in [4.78, 5) is 16.1. The Bertz CT molecular complexity index is 593. The summed E-state index contributed by atoms with van der Waals surface area (Å²) in [6.07, 6.45) is 0.339. The second-order valence-corrected chi connectivity index (χ2v) is 6.86. The van der Waals surface area contributed by atoms with Gasteiger partial charge in [-0.2, -0.15) is 5.26 Å². The predicted octanol–water partition coefficient (Wildman–Crippen LogP) is 0.987. The number of carbonyl (C=O) groups is 1. The van der Waals surface area contributed by atoms with E-state index in [1.807, 2.05) is 18.4 Å². The lowest BCUT2D eigenvalue weighted by Gasteiger charge is -2.27. The number of amides is 1. The molecule has 24 heavy (non-hydrogen) atoms. The Morgan fingerprint density at radius 3 is 2.79 bits per heavy atom. The van der Waals surface area contributed by atoms with Gasteiger partial charge in [0.15, 0.2) is 5.16 Å². The maximum atomic E-state index is 12.4. The molecule has 1 saturated heterocycles. The van der Waals surface area contributed by atoms with Crippen LogP contribution < -0.4 is 4.90 Å². The van der Waals surface area contributed by atoms with Crippen molar-refractivity contribution in [2.75, 3.05) is 44.8 Å². The number of anilines is 1. The zero-order chi connectivity index (χ0) is 17.5. The van der Waals surface area contributed by atoms with E-state index in [1.54, 1.807) is 11.9 Å². The normalized spacial score (nSPS) is 15.8. The van der Waals surface area contributed by atoms with E-state index in [2.05, 4.69) is 21.2 Å². The van der Waals surface area contributed by atoms with Crippen LogP contribution in [-0.4, -0.2) is 70.7 Å². The zero-order valence-corrected chi connectivity index (χ0v) is 15.3. The number of morpholine rings is 1. The molecule has 9 heteroatoms. The van der Waals surface area contributed by atoms with Crippen LogP contribution in [-0.2, 0) is 16.1 Å². The second kappa shape index (κ2) is 8.89. The smallest absolute Gasteiger partial charge is 0.235 e. The first-order valence-electron chi connectivity index (χ1n) is 8.13. The fourth-order valence-corrected chi connectivity index (χ4v) is 3.51. The lowest BCUT2D eigenvalue weighted by Crippen LogP contribution is -2.38. The predicted molar refractivity (Wildman–Crippen MR) is 91.9 cm³/mol. The monoisotopic (exact) mass is 352 g/mol. The van der Waals surface area contributed by atoms with Crippen LogP contribution in [0.3, 0.4) is 0 Å². The van der Waals surface area contributed by atoms with Crippen molar-refractivity contribution in [3.8, 4) is 6.07 Å². The Morgan fingerprint density at radius 2 is 2.17 bits per heavy atom. The highest BCUT2D eigenvalue weighted by molar-refractivity contribution is 8.00. The van der Waals surface area contributed by atoms with E-state index < -0.39 is 0 Å². The fourth-order valence-electron chi connectivity index (χ4n) is 2.49. The van der Waals surface area contributed by atoms with Crippen molar-refractivity contribution >= 4 is 23.6 Å². The van der Waals surface area contributed by atoms with Crippen LogP contribution in [0, 0.1) is 11.3 Å². The van der Waals surface area contributed by atoms with Gasteiger partial charge in [-0.1, -0.05) is 11.8 Å². The third kappa shape index (κ3) is 4.39. The summed E-state index contributed by atoms with van der Waals surface area (Å²) < 4.78 is 7.42. The van der Waals surface area contributed by atoms with Crippen molar-refractivity contribution in [2.45, 2.75) is 37.2 Å². The molecule has 0 radical (unpaired) electrons. The van der Waals surface area contributed by atoms with Gasteiger partial charge in [-0.15, -0.1) is 10.2 Å². The van der Waals surface area contributed by atoms with Gasteiger partial charge in [0.05, 0.1) is 31.0 Å². The van der Waals surface area contributed by atoms with E-state index in [-0.39, 0.29) is 11.2 Å². The number of thioether (sulfide) groups is 1. The molecule has 0 N–H and O–H groups in total. The number of aromatic nitrogens is 3. The topological polar surface area (TPSA) is 87.3 Å². The highest BCUT2D eigenvalue weighted by Crippen LogP contribution is 2.26. The van der Waals surface area contributed by atoms with Crippen molar-refractivity contribution < 1.29 is 9.53 Å². The van der Waals surface area contributed by atoms with Crippen LogP contribution >= 0.6 is 11.8 Å². The molecule has 8 nitrogen and oxygen atoms in total. The minimum atomic E-state index is -0.277. The summed E-state index contributed by atoms with van der Waals surface area (Å²) in [6, 6.07) is 2.06. The second-order valence-electron chi connectivity index (χ2n) is 5.55. The first-order valence-corrected chi connectivity index (χ1v) is 9.01. The Balaban J connectivity index is 2.05. The lowest BCUT2D eigenvalue weighted by atomic mass is 10.3. The van der Waals surface area contributed by atoms with E-state index in [1.165, 1.54) is 11.8 Å². The molecule has 0 spiro atoms. The minimum Gasteiger partial charge on any atom is -0.378 e. The summed E-state index contributed by atoms with van der Waals surface area (Å²) in [5.74, 6) is 0.828. The summed E-state index contributed by atoms with van der Waals surface area (Å²) in [5.41, 5.74) is 0. The molecule has 1 atom stereocenters. The van der Waals surface area contributed by atoms with Gasteiger partial charge in [0.25, 0.3) is 0 Å². The first-order chi connectivity index (χ1) is 11.6. The lowest BCUT2D eigenvalue weighted by molar-refractivity contribution is -0.128. The third-order valence-electron chi connectivity index (χ3n) is 3.87. The van der Waals surface area contributed by atoms with Crippen LogP contribution in [0.1, 0.15) is 20.3 Å². The van der Waals surface area contributed by atoms with Gasteiger partial charge in [0.1, 0.15) is 0 Å². The number of carbonyl (C=O) groups excluding carboxylic acids is 1. The van der Waals surface area contributed by atoms with Crippen molar-refractivity contribution in [1.82, 2.24) is 19.7 Å². The maximum absolute atomic E-state index is 12.4. The molecule has 1 aliphatic heterocycles. The Hall–Kier alpha value is -1.79. The largest absolute Gasteiger partial charge is 0.378 e. The standard InChI is InChI=1S/C15H24N6O2S/c1-4-21-14(20-8-10-23-11-9-20)17-18-15(21)24-12(2)13(22)19(3)7-5-6-16/h12H,4-5,7-11H2,1-3H3/t12-/m1/s1. The van der Waals surface area contributed by atoms with E-state index in [9.17, 15) is 4.79 Å². The van der Waals surface area contributed by atoms with Crippen LogP contribution in [0.2, 0.25) is 0 Å². The minimum absolute atomic E-state index is 0.00572. The highest BCUT2D eigenvalue weighted by atomic mass is 32.2. The van der Waals surface area contributed by atoms with Gasteiger partial charge in [-0.05, 0) is 13.8 Å². The molecule has 0 bridgehead atoms. The number of ether oxygens (including phenoxy) is 1. The summed E-state index contributed by atoms with van der Waals surface area (Å²) in [7, 11) is 1.72. The number of hydrogen-bond donors (Lipinski definition) is 0. The van der Waals surface area contributed by atoms with Crippen molar-refractivity contribution in [2.24, 2.45) is 0 Å². The molecule has 0 saturated carbocycles. The van der Waals surface area contributed by atoms with Crippen LogP contribution in [0.25, 0.3) is 0 Å². The third-order valence-corrected chi connectivity index (χ3v) is 4.94. The molecule has 0 unspecified atom stereocenters. The number of nitriles is 1. The van der Waals surface area contributed by atoms with E-state index in [0.717, 1.165) is 30.7 Å². The molecule has 1 aromatic heterocycles. The molecule has 0 aliphatic carbocycles. The van der Waals surface area contributed by atoms with E-state index in [0.29, 0.717) is 26.2 Å². The SMILES string of the molecule is CCn1c(S[C@H](C)C(=O)N(C)CCC#N)nnc1N1CCOCC1. The molecule has 1 aliphatic rings. The highest BCUT2D eigenvalue weighted by Gasteiger charge is 2.24.